The van der Waals surface area contributed by atoms with Crippen LogP contribution < -0.4 is 17.2 Å². The Bertz CT molecular complexity index is 167. The molecule has 0 aromatic carbocycles. The van der Waals surface area contributed by atoms with Gasteiger partial charge in [-0.25, -0.2) is 0 Å². The first-order chi connectivity index (χ1) is 6.81. The zero-order chi connectivity index (χ0) is 12.9. The molecule has 0 heterocycles. The van der Waals surface area contributed by atoms with Gasteiger partial charge in [-0.1, -0.05) is 0 Å². The molecule has 10 heteroatoms. The molecule has 9 N–H and O–H groups in total. The molecule has 0 aromatic heterocycles. The second kappa shape index (κ2) is 19.4. The van der Waals surface area contributed by atoms with Crippen LogP contribution in [0.4, 0.5) is 0 Å². The number of hydrogen-bond acceptors (Lipinski definition) is 6. The van der Waals surface area contributed by atoms with Gasteiger partial charge in [0.2, 0.25) is 0 Å². The summed E-state index contributed by atoms with van der Waals surface area (Å²) in [6.45, 7) is -0.833. The third-order valence-corrected chi connectivity index (χ3v) is 0.524. The normalized spacial score (nSPS) is 6.94. The molecule has 0 aromatic rings. The second-order valence-corrected chi connectivity index (χ2v) is 1.79. The first kappa shape index (κ1) is 24.2. The van der Waals surface area contributed by atoms with Gasteiger partial charge in [0.1, 0.15) is 0 Å². The Morgan fingerprint density at radius 1 is 0.688 bits per heavy atom. The van der Waals surface area contributed by atoms with Crippen molar-refractivity contribution in [3.8, 4) is 0 Å². The molecule has 0 aliphatic rings. The van der Waals surface area contributed by atoms with Crippen LogP contribution in [-0.2, 0) is 31.2 Å². The SMILES string of the molecule is NCC(=O)O.NCC(=O)O.NCC(=O)O.[Co]. The average Bonchev–Trinajstić information content (AvgIpc) is 2.19. The van der Waals surface area contributed by atoms with Crippen LogP contribution in [0.5, 0.6) is 0 Å². The Balaban J connectivity index is -0.0000000655. The molecule has 0 saturated heterocycles. The minimum absolute atomic E-state index is 0. The Morgan fingerprint density at radius 3 is 0.750 bits per heavy atom. The molecular formula is C6H15CoN3O6. The van der Waals surface area contributed by atoms with Crippen LogP contribution in [0.2, 0.25) is 0 Å². The summed E-state index contributed by atoms with van der Waals surface area (Å²) in [4.78, 5) is 27.7. The molecule has 0 fully saturated rings. The maximum Gasteiger partial charge on any atom is 0.317 e. The topological polar surface area (TPSA) is 190 Å². The van der Waals surface area contributed by atoms with Crippen LogP contribution in [0.1, 0.15) is 0 Å². The molecule has 0 aliphatic heterocycles. The fraction of sp³-hybridized carbons (Fsp3) is 0.500. The van der Waals surface area contributed by atoms with E-state index in [1.165, 1.54) is 0 Å². The standard InChI is InChI=1S/3C2H5NO2.Co/c3*3-1-2(4)5;/h3*1,3H2,(H,4,5);. The van der Waals surface area contributed by atoms with Gasteiger partial charge in [0.25, 0.3) is 0 Å². The predicted octanol–water partition coefficient (Wildman–Crippen LogP) is -2.91. The van der Waals surface area contributed by atoms with E-state index in [9.17, 15) is 14.4 Å². The molecule has 0 bridgehead atoms. The number of hydrogen-bond donors (Lipinski definition) is 6. The number of rotatable bonds is 3. The van der Waals surface area contributed by atoms with E-state index < -0.39 is 17.9 Å². The van der Waals surface area contributed by atoms with Crippen molar-refractivity contribution in [2.24, 2.45) is 17.2 Å². The molecule has 99 valence electrons. The van der Waals surface area contributed by atoms with Gasteiger partial charge >= 0.3 is 17.9 Å². The molecule has 0 saturated carbocycles. The Kier molecular flexibility index (Phi) is 29.3. The number of carboxylic acids is 3. The molecular weight excluding hydrogens is 269 g/mol. The first-order valence-electron chi connectivity index (χ1n) is 3.57. The summed E-state index contributed by atoms with van der Waals surface area (Å²) in [5.41, 5.74) is 13.7. The van der Waals surface area contributed by atoms with Crippen LogP contribution in [0, 0.1) is 0 Å². The van der Waals surface area contributed by atoms with Crippen LogP contribution in [0.3, 0.4) is 0 Å². The predicted molar refractivity (Wildman–Crippen MR) is 50.1 cm³/mol. The maximum atomic E-state index is 9.24. The smallest absolute Gasteiger partial charge is 0.317 e. The average molecular weight is 284 g/mol. The van der Waals surface area contributed by atoms with Crippen LogP contribution in [-0.4, -0.2) is 52.9 Å². The number of carbonyl (C=O) groups is 3. The van der Waals surface area contributed by atoms with Crippen molar-refractivity contribution in [2.75, 3.05) is 19.6 Å². The minimum Gasteiger partial charge on any atom is -0.480 e. The fourth-order valence-corrected chi connectivity index (χ4v) is 0. The molecule has 9 nitrogen and oxygen atoms in total. The van der Waals surface area contributed by atoms with Gasteiger partial charge in [0, 0.05) is 16.8 Å². The summed E-state index contributed by atoms with van der Waals surface area (Å²) in [5, 5.41) is 22.8. The summed E-state index contributed by atoms with van der Waals surface area (Å²) in [6, 6.07) is 0. The van der Waals surface area contributed by atoms with Crippen LogP contribution >= 0.6 is 0 Å². The van der Waals surface area contributed by atoms with E-state index in [1.807, 2.05) is 0 Å². The van der Waals surface area contributed by atoms with Crippen molar-refractivity contribution < 1.29 is 46.5 Å². The molecule has 0 unspecified atom stereocenters. The Hall–Kier alpha value is -1.20. The number of nitrogens with two attached hydrogens (primary N) is 3. The van der Waals surface area contributed by atoms with E-state index in [4.69, 9.17) is 15.3 Å². The quantitative estimate of drug-likeness (QED) is 0.315. The van der Waals surface area contributed by atoms with E-state index in [0.29, 0.717) is 0 Å². The van der Waals surface area contributed by atoms with Gasteiger partial charge in [0.15, 0.2) is 0 Å². The monoisotopic (exact) mass is 284 g/mol. The van der Waals surface area contributed by atoms with Crippen molar-refractivity contribution in [2.45, 2.75) is 0 Å². The molecule has 0 rings (SSSR count). The maximum absolute atomic E-state index is 9.24. The first-order valence-corrected chi connectivity index (χ1v) is 3.57. The van der Waals surface area contributed by atoms with Gasteiger partial charge < -0.3 is 32.5 Å². The number of aliphatic carboxylic acids is 3. The molecule has 16 heavy (non-hydrogen) atoms. The second-order valence-electron chi connectivity index (χ2n) is 1.79. The summed E-state index contributed by atoms with van der Waals surface area (Å²) in [5.74, 6) is -2.90. The van der Waals surface area contributed by atoms with Gasteiger partial charge in [0.05, 0.1) is 19.6 Å². The number of carboxylic acid groups (broad SMARTS) is 3. The van der Waals surface area contributed by atoms with Crippen LogP contribution in [0.15, 0.2) is 0 Å². The van der Waals surface area contributed by atoms with Gasteiger partial charge in [-0.3, -0.25) is 14.4 Å². The zero-order valence-corrected chi connectivity index (χ0v) is 9.29. The van der Waals surface area contributed by atoms with Gasteiger partial charge in [-0.05, 0) is 0 Å². The van der Waals surface area contributed by atoms with E-state index in [1.54, 1.807) is 0 Å². The molecule has 0 spiro atoms. The third-order valence-electron chi connectivity index (χ3n) is 0.524. The summed E-state index contributed by atoms with van der Waals surface area (Å²) in [7, 11) is 0. The van der Waals surface area contributed by atoms with Gasteiger partial charge in [-0.15, -0.1) is 0 Å². The molecule has 0 atom stereocenters. The minimum atomic E-state index is -0.968. The third kappa shape index (κ3) is 77.4. The van der Waals surface area contributed by atoms with Crippen molar-refractivity contribution >= 4 is 17.9 Å². The van der Waals surface area contributed by atoms with E-state index in [2.05, 4.69) is 17.2 Å². The van der Waals surface area contributed by atoms with E-state index in [0.717, 1.165) is 0 Å². The van der Waals surface area contributed by atoms with E-state index >= 15 is 0 Å². The summed E-state index contributed by atoms with van der Waals surface area (Å²) in [6.07, 6.45) is 0. The van der Waals surface area contributed by atoms with Gasteiger partial charge in [-0.2, -0.15) is 0 Å². The largest absolute Gasteiger partial charge is 0.480 e. The summed E-state index contributed by atoms with van der Waals surface area (Å²) < 4.78 is 0. The Morgan fingerprint density at radius 2 is 0.750 bits per heavy atom. The molecule has 1 radical (unpaired) electrons. The van der Waals surface area contributed by atoms with Crippen molar-refractivity contribution in [3.63, 3.8) is 0 Å². The van der Waals surface area contributed by atoms with Crippen molar-refractivity contribution in [3.05, 3.63) is 0 Å². The molecule has 0 aliphatic carbocycles. The Labute approximate surface area is 102 Å². The zero-order valence-electron chi connectivity index (χ0n) is 8.25. The van der Waals surface area contributed by atoms with Crippen LogP contribution in [0.25, 0.3) is 0 Å². The van der Waals surface area contributed by atoms with E-state index in [-0.39, 0.29) is 36.4 Å². The fourth-order valence-electron chi connectivity index (χ4n) is 0. The van der Waals surface area contributed by atoms with Crippen molar-refractivity contribution in [1.29, 1.82) is 0 Å². The summed E-state index contributed by atoms with van der Waals surface area (Å²) >= 11 is 0. The molecule has 0 amide bonds. The van der Waals surface area contributed by atoms with Crippen molar-refractivity contribution in [1.82, 2.24) is 0 Å².